The van der Waals surface area contributed by atoms with Crippen LogP contribution in [0.25, 0.3) is 0 Å². The van der Waals surface area contributed by atoms with Gasteiger partial charge in [0.25, 0.3) is 0 Å². The molecule has 0 spiro atoms. The predicted molar refractivity (Wildman–Crippen MR) is 79.9 cm³/mol. The second kappa shape index (κ2) is 5.99. The van der Waals surface area contributed by atoms with Gasteiger partial charge in [-0.15, -0.1) is 0 Å². The molecular weight excluding hydrogens is 266 g/mol. The quantitative estimate of drug-likeness (QED) is 0.936. The largest absolute Gasteiger partial charge is 0.378 e. The first kappa shape index (κ1) is 14.3. The molecule has 0 aromatic carbocycles. The van der Waals surface area contributed by atoms with E-state index in [-0.39, 0.29) is 6.04 Å². The molecule has 1 aliphatic rings. The van der Waals surface area contributed by atoms with Crippen LogP contribution in [-0.2, 0) is 11.3 Å². The first-order valence-electron chi connectivity index (χ1n) is 7.50. The lowest BCUT2D eigenvalue weighted by molar-refractivity contribution is -0.0173. The normalized spacial score (nSPS) is 20.3. The van der Waals surface area contributed by atoms with Gasteiger partial charge in [-0.25, -0.2) is 9.97 Å². The van der Waals surface area contributed by atoms with Crippen molar-refractivity contribution in [2.45, 2.75) is 39.4 Å². The fraction of sp³-hybridized carbons (Fsp3) is 0.600. The van der Waals surface area contributed by atoms with Crippen molar-refractivity contribution in [1.29, 1.82) is 0 Å². The summed E-state index contributed by atoms with van der Waals surface area (Å²) in [5.41, 5.74) is 1.08. The number of morpholine rings is 1. The Kier molecular flexibility index (Phi) is 4.07. The van der Waals surface area contributed by atoms with Gasteiger partial charge in [-0.2, -0.15) is 0 Å². The first-order valence-corrected chi connectivity index (χ1v) is 7.50. The molecule has 1 atom stereocenters. The summed E-state index contributed by atoms with van der Waals surface area (Å²) < 4.78 is 7.87. The van der Waals surface area contributed by atoms with E-state index in [9.17, 15) is 0 Å². The lowest BCUT2D eigenvalue weighted by atomic mass is 10.2. The molecule has 2 aromatic heterocycles. The number of aromatic nitrogens is 4. The number of ether oxygens (including phenoxy) is 1. The Morgan fingerprint density at radius 1 is 1.43 bits per heavy atom. The van der Waals surface area contributed by atoms with E-state index in [4.69, 9.17) is 4.74 Å². The molecule has 6 heteroatoms. The highest BCUT2D eigenvalue weighted by Crippen LogP contribution is 2.24. The summed E-state index contributed by atoms with van der Waals surface area (Å²) >= 11 is 0. The predicted octanol–water partition coefficient (Wildman–Crippen LogP) is 2.07. The maximum atomic E-state index is 5.64. The minimum atomic E-state index is 0.171. The molecule has 0 amide bonds. The van der Waals surface area contributed by atoms with Crippen LogP contribution in [0.4, 0.5) is 0 Å². The third-order valence-corrected chi connectivity index (χ3v) is 3.93. The average molecular weight is 289 g/mol. The van der Waals surface area contributed by atoms with Gasteiger partial charge in [0.2, 0.25) is 0 Å². The lowest BCUT2D eigenvalue weighted by Crippen LogP contribution is -2.40. The number of nitrogens with zero attached hydrogens (tertiary/aromatic N) is 4. The van der Waals surface area contributed by atoms with E-state index in [0.717, 1.165) is 37.0 Å². The van der Waals surface area contributed by atoms with E-state index in [1.807, 2.05) is 25.5 Å². The SMILES string of the molecule is Cc1cnc([C@H]2COCCN2Cc2nccn2C(C)C)[nH]1. The molecule has 3 heterocycles. The molecule has 1 fully saturated rings. The number of rotatable bonds is 4. The number of hydrogen-bond donors (Lipinski definition) is 1. The van der Waals surface area contributed by atoms with Crippen molar-refractivity contribution in [2.75, 3.05) is 19.8 Å². The van der Waals surface area contributed by atoms with Crippen LogP contribution in [-0.4, -0.2) is 44.2 Å². The van der Waals surface area contributed by atoms with Crippen LogP contribution in [0.15, 0.2) is 18.6 Å². The van der Waals surface area contributed by atoms with E-state index < -0.39 is 0 Å². The summed E-state index contributed by atoms with van der Waals surface area (Å²) in [6.45, 7) is 9.54. The average Bonchev–Trinajstić information content (AvgIpc) is 3.08. The van der Waals surface area contributed by atoms with Gasteiger partial charge in [0.15, 0.2) is 0 Å². The molecule has 0 bridgehead atoms. The highest BCUT2D eigenvalue weighted by molar-refractivity contribution is 5.05. The summed E-state index contributed by atoms with van der Waals surface area (Å²) in [4.78, 5) is 14.7. The molecule has 0 saturated carbocycles. The highest BCUT2D eigenvalue weighted by Gasteiger charge is 2.28. The van der Waals surface area contributed by atoms with Crippen molar-refractivity contribution in [3.05, 3.63) is 35.9 Å². The van der Waals surface area contributed by atoms with Gasteiger partial charge in [0.1, 0.15) is 11.6 Å². The van der Waals surface area contributed by atoms with E-state index in [2.05, 4.69) is 38.3 Å². The molecule has 0 aliphatic carbocycles. The summed E-state index contributed by atoms with van der Waals surface area (Å²) in [5, 5.41) is 0. The Labute approximate surface area is 125 Å². The third kappa shape index (κ3) is 3.01. The fourth-order valence-corrected chi connectivity index (χ4v) is 2.80. The second-order valence-electron chi connectivity index (χ2n) is 5.86. The molecule has 114 valence electrons. The van der Waals surface area contributed by atoms with Gasteiger partial charge in [0, 0.05) is 36.9 Å². The van der Waals surface area contributed by atoms with Gasteiger partial charge in [-0.05, 0) is 20.8 Å². The lowest BCUT2D eigenvalue weighted by Gasteiger charge is -2.34. The molecule has 0 radical (unpaired) electrons. The topological polar surface area (TPSA) is 59.0 Å². The Morgan fingerprint density at radius 2 is 2.29 bits per heavy atom. The van der Waals surface area contributed by atoms with Gasteiger partial charge in [-0.3, -0.25) is 4.90 Å². The van der Waals surface area contributed by atoms with E-state index in [0.29, 0.717) is 12.6 Å². The Hall–Kier alpha value is -1.66. The number of aromatic amines is 1. The fourth-order valence-electron chi connectivity index (χ4n) is 2.80. The summed E-state index contributed by atoms with van der Waals surface area (Å²) in [5.74, 6) is 2.08. The van der Waals surface area contributed by atoms with E-state index in [1.54, 1.807) is 0 Å². The molecule has 1 N–H and O–H groups in total. The van der Waals surface area contributed by atoms with Gasteiger partial charge >= 0.3 is 0 Å². The van der Waals surface area contributed by atoms with Crippen LogP contribution in [0.5, 0.6) is 0 Å². The van der Waals surface area contributed by atoms with Crippen molar-refractivity contribution in [3.8, 4) is 0 Å². The minimum Gasteiger partial charge on any atom is -0.378 e. The standard InChI is InChI=1S/C15H23N5O/c1-11(2)20-5-4-16-14(20)9-19-6-7-21-10-13(19)15-17-8-12(3)18-15/h4-5,8,11,13H,6-7,9-10H2,1-3H3,(H,17,18)/t13-/m1/s1. The first-order chi connectivity index (χ1) is 10.1. The van der Waals surface area contributed by atoms with Crippen LogP contribution in [0, 0.1) is 6.92 Å². The Bertz CT molecular complexity index is 588. The van der Waals surface area contributed by atoms with E-state index in [1.165, 1.54) is 0 Å². The Balaban J connectivity index is 1.80. The number of imidazole rings is 2. The van der Waals surface area contributed by atoms with Gasteiger partial charge < -0.3 is 14.3 Å². The molecule has 1 saturated heterocycles. The van der Waals surface area contributed by atoms with Crippen molar-refractivity contribution >= 4 is 0 Å². The summed E-state index contributed by atoms with van der Waals surface area (Å²) in [6.07, 6.45) is 5.80. The molecule has 21 heavy (non-hydrogen) atoms. The van der Waals surface area contributed by atoms with Crippen LogP contribution >= 0.6 is 0 Å². The van der Waals surface area contributed by atoms with Crippen molar-refractivity contribution in [1.82, 2.24) is 24.4 Å². The van der Waals surface area contributed by atoms with Crippen LogP contribution < -0.4 is 0 Å². The van der Waals surface area contributed by atoms with E-state index >= 15 is 0 Å². The summed E-state index contributed by atoms with van der Waals surface area (Å²) in [7, 11) is 0. The molecular formula is C15H23N5O. The zero-order chi connectivity index (χ0) is 14.8. The van der Waals surface area contributed by atoms with Gasteiger partial charge in [0.05, 0.1) is 25.8 Å². The second-order valence-corrected chi connectivity index (χ2v) is 5.86. The molecule has 3 rings (SSSR count). The Morgan fingerprint density at radius 3 is 3.00 bits per heavy atom. The smallest absolute Gasteiger partial charge is 0.126 e. The molecule has 0 unspecified atom stereocenters. The van der Waals surface area contributed by atoms with Crippen molar-refractivity contribution in [3.63, 3.8) is 0 Å². The van der Waals surface area contributed by atoms with Crippen LogP contribution in [0.2, 0.25) is 0 Å². The number of aryl methyl sites for hydroxylation is 1. The van der Waals surface area contributed by atoms with Gasteiger partial charge in [-0.1, -0.05) is 0 Å². The van der Waals surface area contributed by atoms with Crippen LogP contribution in [0.1, 0.15) is 43.3 Å². The zero-order valence-corrected chi connectivity index (χ0v) is 12.9. The number of hydrogen-bond acceptors (Lipinski definition) is 4. The third-order valence-electron chi connectivity index (χ3n) is 3.93. The highest BCUT2D eigenvalue weighted by atomic mass is 16.5. The zero-order valence-electron chi connectivity index (χ0n) is 12.9. The summed E-state index contributed by atoms with van der Waals surface area (Å²) in [6, 6.07) is 0.595. The molecule has 6 nitrogen and oxygen atoms in total. The maximum absolute atomic E-state index is 5.64. The van der Waals surface area contributed by atoms with Crippen LogP contribution in [0.3, 0.4) is 0 Å². The monoisotopic (exact) mass is 289 g/mol. The van der Waals surface area contributed by atoms with Crippen molar-refractivity contribution in [2.24, 2.45) is 0 Å². The molecule has 1 aliphatic heterocycles. The number of H-pyrrole nitrogens is 1. The maximum Gasteiger partial charge on any atom is 0.126 e. The van der Waals surface area contributed by atoms with Crippen molar-refractivity contribution < 1.29 is 4.74 Å². The number of nitrogens with one attached hydrogen (secondary N) is 1. The minimum absolute atomic E-state index is 0.171. The molecule has 2 aromatic rings.